The van der Waals surface area contributed by atoms with E-state index in [2.05, 4.69) is 55.8 Å². The Morgan fingerprint density at radius 1 is 1.19 bits per heavy atom. The van der Waals surface area contributed by atoms with Crippen molar-refractivity contribution in [3.8, 4) is 17.0 Å². The van der Waals surface area contributed by atoms with Gasteiger partial charge in [-0.2, -0.15) is 5.10 Å². The minimum atomic E-state index is -0.683. The molecule has 32 heavy (non-hydrogen) atoms. The summed E-state index contributed by atoms with van der Waals surface area (Å²) in [7, 11) is 0. The Morgan fingerprint density at radius 2 is 1.94 bits per heavy atom. The minimum Gasteiger partial charge on any atom is -0.493 e. The normalized spacial score (nSPS) is 12.0. The Kier molecular flexibility index (Phi) is 7.41. The van der Waals surface area contributed by atoms with Gasteiger partial charge in [0.05, 0.1) is 18.0 Å². The van der Waals surface area contributed by atoms with E-state index in [0.717, 1.165) is 41.5 Å². The molecule has 0 atom stereocenters. The molecule has 2 N–H and O–H groups in total. The lowest BCUT2D eigenvalue weighted by atomic mass is 9.92. The van der Waals surface area contributed by atoms with Crippen LogP contribution in [-0.2, 0) is 6.42 Å². The second-order valence-electron chi connectivity index (χ2n) is 7.51. The number of benzene rings is 2. The quantitative estimate of drug-likeness (QED) is 0.433. The van der Waals surface area contributed by atoms with Crippen LogP contribution in [0.1, 0.15) is 43.7 Å². The maximum atomic E-state index is 14.0. The summed E-state index contributed by atoms with van der Waals surface area (Å²) >= 11 is 0. The topological polar surface area (TPSA) is 62.9 Å². The summed E-state index contributed by atoms with van der Waals surface area (Å²) < 4.78 is 34.7. The third-order valence-electron chi connectivity index (χ3n) is 5.62. The second-order valence-corrected chi connectivity index (χ2v) is 7.51. The Bertz CT molecular complexity index is 1110. The molecule has 0 aliphatic carbocycles. The second kappa shape index (κ2) is 10.2. The first-order chi connectivity index (χ1) is 15.5. The van der Waals surface area contributed by atoms with Crippen LogP contribution in [0.2, 0.25) is 0 Å². The van der Waals surface area contributed by atoms with Gasteiger partial charge in [0.25, 0.3) is 0 Å². The molecule has 168 valence electrons. The van der Waals surface area contributed by atoms with E-state index in [1.54, 1.807) is 4.68 Å². The molecule has 2 aromatic carbocycles. The van der Waals surface area contributed by atoms with Crippen LogP contribution in [0.3, 0.4) is 0 Å². The van der Waals surface area contributed by atoms with Gasteiger partial charge in [0, 0.05) is 29.8 Å². The Morgan fingerprint density at radius 3 is 2.62 bits per heavy atom. The van der Waals surface area contributed by atoms with Gasteiger partial charge in [0.1, 0.15) is 23.2 Å². The first-order valence-corrected chi connectivity index (χ1v) is 10.6. The zero-order valence-electron chi connectivity index (χ0n) is 18.4. The van der Waals surface area contributed by atoms with Crippen molar-refractivity contribution in [1.29, 1.82) is 5.41 Å². The van der Waals surface area contributed by atoms with Crippen LogP contribution in [0.5, 0.6) is 5.75 Å². The van der Waals surface area contributed by atoms with Crippen molar-refractivity contribution in [1.82, 2.24) is 9.78 Å². The monoisotopic (exact) mass is 438 g/mol. The zero-order chi connectivity index (χ0) is 23.3. The SMILES string of the molecule is C=C(Nc1ccc(F)cc1F)n1cc2c(n1)-c1ccc(C(CC)CC)cc1OCC2.C=N. The van der Waals surface area contributed by atoms with E-state index < -0.39 is 11.6 Å². The summed E-state index contributed by atoms with van der Waals surface area (Å²) in [6.07, 6.45) is 4.75. The molecule has 1 aliphatic heterocycles. The first kappa shape index (κ1) is 23.2. The van der Waals surface area contributed by atoms with E-state index >= 15 is 0 Å². The van der Waals surface area contributed by atoms with E-state index in [1.165, 1.54) is 17.7 Å². The van der Waals surface area contributed by atoms with Gasteiger partial charge in [-0.25, -0.2) is 13.5 Å². The molecule has 0 saturated carbocycles. The molecule has 0 spiro atoms. The first-order valence-electron chi connectivity index (χ1n) is 10.6. The lowest BCUT2D eigenvalue weighted by molar-refractivity contribution is 0.325. The highest BCUT2D eigenvalue weighted by atomic mass is 19.1. The summed E-state index contributed by atoms with van der Waals surface area (Å²) in [6.45, 7) is 11.4. The molecule has 0 unspecified atom stereocenters. The van der Waals surface area contributed by atoms with Gasteiger partial charge in [-0.3, -0.25) is 0 Å². The van der Waals surface area contributed by atoms with E-state index in [-0.39, 0.29) is 5.69 Å². The van der Waals surface area contributed by atoms with E-state index in [9.17, 15) is 8.78 Å². The van der Waals surface area contributed by atoms with Crippen LogP contribution in [0, 0.1) is 17.0 Å². The fraction of sp³-hybridized carbons (Fsp3) is 0.280. The van der Waals surface area contributed by atoms with Gasteiger partial charge in [-0.05, 0) is 55.3 Å². The Balaban J connectivity index is 0.00000141. The van der Waals surface area contributed by atoms with Crippen molar-refractivity contribution in [3.63, 3.8) is 0 Å². The van der Waals surface area contributed by atoms with Crippen molar-refractivity contribution < 1.29 is 13.5 Å². The molecule has 5 nitrogen and oxygen atoms in total. The van der Waals surface area contributed by atoms with Crippen LogP contribution >= 0.6 is 0 Å². The molecular weight excluding hydrogens is 410 g/mol. The molecule has 4 rings (SSSR count). The highest BCUT2D eigenvalue weighted by Gasteiger charge is 2.21. The highest BCUT2D eigenvalue weighted by Crippen LogP contribution is 2.38. The number of anilines is 1. The molecule has 2 heterocycles. The molecule has 1 aromatic heterocycles. The van der Waals surface area contributed by atoms with Gasteiger partial charge >= 0.3 is 0 Å². The minimum absolute atomic E-state index is 0.144. The smallest absolute Gasteiger partial charge is 0.149 e. The van der Waals surface area contributed by atoms with Crippen LogP contribution in [-0.4, -0.2) is 23.1 Å². The van der Waals surface area contributed by atoms with Gasteiger partial charge in [0.2, 0.25) is 0 Å². The number of ether oxygens (including phenoxy) is 1. The number of aromatic nitrogens is 2. The fourth-order valence-corrected chi connectivity index (χ4v) is 3.90. The summed E-state index contributed by atoms with van der Waals surface area (Å²) in [5.74, 6) is 0.418. The number of rotatable bonds is 6. The van der Waals surface area contributed by atoms with E-state index in [0.29, 0.717) is 24.8 Å². The van der Waals surface area contributed by atoms with Gasteiger partial charge in [-0.15, -0.1) is 0 Å². The summed E-state index contributed by atoms with van der Waals surface area (Å²) in [6, 6.07) is 9.71. The van der Waals surface area contributed by atoms with Crippen molar-refractivity contribution in [2.45, 2.75) is 39.0 Å². The molecule has 0 bridgehead atoms. The van der Waals surface area contributed by atoms with E-state index in [1.807, 2.05) is 6.20 Å². The maximum absolute atomic E-state index is 14.0. The lowest BCUT2D eigenvalue weighted by Gasteiger charge is -2.16. The van der Waals surface area contributed by atoms with Crippen LogP contribution in [0.15, 0.2) is 49.2 Å². The van der Waals surface area contributed by atoms with Crippen molar-refractivity contribution in [2.75, 3.05) is 11.9 Å². The van der Waals surface area contributed by atoms with Gasteiger partial charge in [0.15, 0.2) is 0 Å². The standard InChI is InChI=1S/C24H25F2N3O.CH3N/c1-4-16(5-2)17-6-8-20-23(12-17)30-11-10-18-14-29(28-24(18)20)15(3)27-22-9-7-19(25)13-21(22)26;1-2/h6-9,12-14,16,27H,3-5,10-11H2,1-2H3;2H,1H2. The zero-order valence-corrected chi connectivity index (χ0v) is 18.4. The van der Waals surface area contributed by atoms with Crippen LogP contribution < -0.4 is 10.1 Å². The molecule has 3 aromatic rings. The largest absolute Gasteiger partial charge is 0.493 e. The van der Waals surface area contributed by atoms with Crippen LogP contribution in [0.25, 0.3) is 17.1 Å². The maximum Gasteiger partial charge on any atom is 0.149 e. The van der Waals surface area contributed by atoms with E-state index in [4.69, 9.17) is 10.1 Å². The third kappa shape index (κ3) is 4.72. The molecule has 0 saturated heterocycles. The van der Waals surface area contributed by atoms with Crippen molar-refractivity contribution in [3.05, 3.63) is 71.9 Å². The molecule has 0 fully saturated rings. The highest BCUT2D eigenvalue weighted by molar-refractivity contribution is 5.73. The fourth-order valence-electron chi connectivity index (χ4n) is 3.90. The number of hydrogen-bond acceptors (Lipinski definition) is 4. The Labute approximate surface area is 187 Å². The average molecular weight is 439 g/mol. The molecule has 1 aliphatic rings. The lowest BCUT2D eigenvalue weighted by Crippen LogP contribution is -2.08. The number of hydrogen-bond donors (Lipinski definition) is 2. The van der Waals surface area contributed by atoms with Crippen LogP contribution in [0.4, 0.5) is 14.5 Å². The number of nitrogens with one attached hydrogen (secondary N) is 2. The predicted octanol–water partition coefficient (Wildman–Crippen LogP) is 6.47. The molecule has 0 radical (unpaired) electrons. The Hall–Kier alpha value is -3.48. The molecule has 7 heteroatoms. The number of halogens is 2. The summed E-state index contributed by atoms with van der Waals surface area (Å²) in [4.78, 5) is 0. The predicted molar refractivity (Wildman–Crippen MR) is 125 cm³/mol. The van der Waals surface area contributed by atoms with Gasteiger partial charge < -0.3 is 15.5 Å². The van der Waals surface area contributed by atoms with Crippen molar-refractivity contribution in [2.24, 2.45) is 0 Å². The number of nitrogens with zero attached hydrogens (tertiary/aromatic N) is 2. The molecule has 0 amide bonds. The van der Waals surface area contributed by atoms with Crippen molar-refractivity contribution >= 4 is 18.2 Å². The average Bonchev–Trinajstić information content (AvgIpc) is 3.15. The molecular formula is C25H28F2N4O. The van der Waals surface area contributed by atoms with Gasteiger partial charge in [-0.1, -0.05) is 26.5 Å². The third-order valence-corrected chi connectivity index (χ3v) is 5.62. The number of fused-ring (bicyclic) bond motifs is 3. The summed E-state index contributed by atoms with van der Waals surface area (Å²) in [5, 5.41) is 13.1. The summed E-state index contributed by atoms with van der Waals surface area (Å²) in [5.41, 5.74) is 4.23.